The standard InChI is InChI=1S/C19H34N4OS.HI/c1-18(2,3)15-13-25-16(22-15)12-21-17(20-7)23-10-8-14(9-11-23)24-19(4,5)6;/h13-14H,8-12H2,1-7H3,(H,20,21);1H. The maximum absolute atomic E-state index is 6.11. The normalized spacial score (nSPS) is 17.2. The van der Waals surface area contributed by atoms with Gasteiger partial charge in [-0.2, -0.15) is 0 Å². The summed E-state index contributed by atoms with van der Waals surface area (Å²) in [6, 6.07) is 0. The van der Waals surface area contributed by atoms with Gasteiger partial charge in [0, 0.05) is 30.9 Å². The van der Waals surface area contributed by atoms with Crippen molar-refractivity contribution in [3.63, 3.8) is 0 Å². The fourth-order valence-corrected chi connectivity index (χ4v) is 3.87. The Balaban J connectivity index is 0.00000338. The first-order valence-electron chi connectivity index (χ1n) is 9.17. The lowest BCUT2D eigenvalue weighted by atomic mass is 9.93. The highest BCUT2D eigenvalue weighted by atomic mass is 127. The Bertz CT molecular complexity index is 581. The Morgan fingerprint density at radius 3 is 2.35 bits per heavy atom. The summed E-state index contributed by atoms with van der Waals surface area (Å²) in [6.07, 6.45) is 2.44. The molecule has 7 heteroatoms. The Kier molecular flexibility index (Phi) is 8.80. The number of rotatable bonds is 3. The summed E-state index contributed by atoms with van der Waals surface area (Å²) in [6.45, 7) is 15.6. The van der Waals surface area contributed by atoms with Crippen molar-refractivity contribution in [2.24, 2.45) is 4.99 Å². The number of nitrogens with zero attached hydrogens (tertiary/aromatic N) is 3. The molecule has 1 aliphatic rings. The second-order valence-corrected chi connectivity index (χ2v) is 9.64. The van der Waals surface area contributed by atoms with Gasteiger partial charge in [0.15, 0.2) is 5.96 Å². The molecular formula is C19H35IN4OS. The maximum atomic E-state index is 6.11. The molecule has 1 saturated heterocycles. The van der Waals surface area contributed by atoms with E-state index < -0.39 is 0 Å². The molecule has 0 aromatic carbocycles. The molecule has 150 valence electrons. The molecule has 1 aliphatic heterocycles. The maximum Gasteiger partial charge on any atom is 0.193 e. The smallest absolute Gasteiger partial charge is 0.193 e. The number of likely N-dealkylation sites (tertiary alicyclic amines) is 1. The quantitative estimate of drug-likeness (QED) is 0.384. The third-order valence-corrected chi connectivity index (χ3v) is 5.04. The zero-order chi connectivity index (χ0) is 18.7. The number of guanidine groups is 1. The van der Waals surface area contributed by atoms with Crippen molar-refractivity contribution in [1.82, 2.24) is 15.2 Å². The van der Waals surface area contributed by atoms with Crippen molar-refractivity contribution < 1.29 is 4.74 Å². The van der Waals surface area contributed by atoms with Gasteiger partial charge in [0.05, 0.1) is 23.9 Å². The topological polar surface area (TPSA) is 49.8 Å². The zero-order valence-corrected chi connectivity index (χ0v) is 20.4. The molecule has 5 nitrogen and oxygen atoms in total. The van der Waals surface area contributed by atoms with Crippen LogP contribution in [0.15, 0.2) is 10.4 Å². The summed E-state index contributed by atoms with van der Waals surface area (Å²) in [7, 11) is 1.85. The third kappa shape index (κ3) is 7.31. The number of hydrogen-bond donors (Lipinski definition) is 1. The fraction of sp³-hybridized carbons (Fsp3) is 0.789. The van der Waals surface area contributed by atoms with Crippen LogP contribution in [0.2, 0.25) is 0 Å². The van der Waals surface area contributed by atoms with Gasteiger partial charge < -0.3 is 15.0 Å². The molecule has 0 amide bonds. The minimum absolute atomic E-state index is 0. The number of ether oxygens (including phenoxy) is 1. The molecule has 1 fully saturated rings. The van der Waals surface area contributed by atoms with E-state index in [1.807, 2.05) is 7.05 Å². The van der Waals surface area contributed by atoms with Crippen molar-refractivity contribution in [3.8, 4) is 0 Å². The summed E-state index contributed by atoms with van der Waals surface area (Å²) in [5.74, 6) is 0.960. The highest BCUT2D eigenvalue weighted by Crippen LogP contribution is 2.24. The highest BCUT2D eigenvalue weighted by Gasteiger charge is 2.25. The summed E-state index contributed by atoms with van der Waals surface area (Å²) < 4.78 is 6.11. The van der Waals surface area contributed by atoms with E-state index in [2.05, 4.69) is 62.1 Å². The minimum atomic E-state index is -0.0671. The molecule has 2 rings (SSSR count). The monoisotopic (exact) mass is 494 g/mol. The van der Waals surface area contributed by atoms with Gasteiger partial charge in [-0.1, -0.05) is 20.8 Å². The Morgan fingerprint density at radius 1 is 1.27 bits per heavy atom. The van der Waals surface area contributed by atoms with Crippen molar-refractivity contribution in [2.75, 3.05) is 20.1 Å². The lowest BCUT2D eigenvalue weighted by Gasteiger charge is -2.36. The predicted octanol–water partition coefficient (Wildman–Crippen LogP) is 4.41. The van der Waals surface area contributed by atoms with Gasteiger partial charge in [0.1, 0.15) is 5.01 Å². The average molecular weight is 494 g/mol. The van der Waals surface area contributed by atoms with Crippen LogP contribution in [0.25, 0.3) is 0 Å². The predicted molar refractivity (Wildman–Crippen MR) is 122 cm³/mol. The van der Waals surface area contributed by atoms with Gasteiger partial charge in [0.25, 0.3) is 0 Å². The minimum Gasteiger partial charge on any atom is -0.372 e. The van der Waals surface area contributed by atoms with Crippen molar-refractivity contribution in [3.05, 3.63) is 16.1 Å². The number of aliphatic imine (C=N–C) groups is 1. The first-order valence-corrected chi connectivity index (χ1v) is 10.0. The van der Waals surface area contributed by atoms with Crippen LogP contribution in [0.4, 0.5) is 0 Å². The molecule has 1 aromatic rings. The number of thiazole rings is 1. The number of piperidine rings is 1. The molecule has 0 bridgehead atoms. The van der Waals surface area contributed by atoms with E-state index in [1.165, 1.54) is 0 Å². The van der Waals surface area contributed by atoms with Gasteiger partial charge in [-0.05, 0) is 33.6 Å². The number of hydrogen-bond acceptors (Lipinski definition) is 4. The fourth-order valence-electron chi connectivity index (χ4n) is 2.91. The molecule has 0 unspecified atom stereocenters. The van der Waals surface area contributed by atoms with Crippen LogP contribution in [0, 0.1) is 0 Å². The molecule has 0 spiro atoms. The lowest BCUT2D eigenvalue weighted by Crippen LogP contribution is -2.47. The number of halogens is 1. The van der Waals surface area contributed by atoms with Crippen LogP contribution in [0.1, 0.15) is 65.1 Å². The van der Waals surface area contributed by atoms with E-state index in [-0.39, 0.29) is 35.0 Å². The van der Waals surface area contributed by atoms with Crippen LogP contribution in [0.3, 0.4) is 0 Å². The summed E-state index contributed by atoms with van der Waals surface area (Å²) in [5, 5.41) is 6.74. The van der Waals surface area contributed by atoms with E-state index in [9.17, 15) is 0 Å². The molecule has 2 heterocycles. The molecule has 0 aliphatic carbocycles. The second kappa shape index (κ2) is 9.68. The first-order chi connectivity index (χ1) is 11.6. The highest BCUT2D eigenvalue weighted by molar-refractivity contribution is 14.0. The Hall–Kier alpha value is -0.410. The molecule has 1 N–H and O–H groups in total. The van der Waals surface area contributed by atoms with E-state index in [4.69, 9.17) is 9.72 Å². The van der Waals surface area contributed by atoms with Crippen LogP contribution < -0.4 is 5.32 Å². The molecule has 26 heavy (non-hydrogen) atoms. The molecule has 0 saturated carbocycles. The molecule has 0 radical (unpaired) electrons. The van der Waals surface area contributed by atoms with Gasteiger partial charge in [-0.15, -0.1) is 35.3 Å². The van der Waals surface area contributed by atoms with E-state index >= 15 is 0 Å². The third-order valence-electron chi connectivity index (χ3n) is 4.19. The average Bonchev–Trinajstić information content (AvgIpc) is 2.97. The molecular weight excluding hydrogens is 459 g/mol. The zero-order valence-electron chi connectivity index (χ0n) is 17.3. The Morgan fingerprint density at radius 2 is 1.88 bits per heavy atom. The Labute approximate surface area is 180 Å². The van der Waals surface area contributed by atoms with E-state index in [0.717, 1.165) is 49.1 Å². The van der Waals surface area contributed by atoms with Gasteiger partial charge >= 0.3 is 0 Å². The van der Waals surface area contributed by atoms with Gasteiger partial charge in [-0.3, -0.25) is 4.99 Å². The first kappa shape index (κ1) is 23.6. The van der Waals surface area contributed by atoms with Crippen LogP contribution in [0.5, 0.6) is 0 Å². The van der Waals surface area contributed by atoms with Crippen LogP contribution in [-0.2, 0) is 16.7 Å². The van der Waals surface area contributed by atoms with Crippen LogP contribution >= 0.6 is 35.3 Å². The summed E-state index contributed by atoms with van der Waals surface area (Å²) >= 11 is 1.72. The molecule has 1 aromatic heterocycles. The van der Waals surface area contributed by atoms with Crippen molar-refractivity contribution >= 4 is 41.3 Å². The summed E-state index contributed by atoms with van der Waals surface area (Å²) in [5.41, 5.74) is 1.19. The van der Waals surface area contributed by atoms with Crippen molar-refractivity contribution in [2.45, 2.75) is 78.0 Å². The number of aromatic nitrogens is 1. The van der Waals surface area contributed by atoms with E-state index in [1.54, 1.807) is 11.3 Å². The van der Waals surface area contributed by atoms with E-state index in [0.29, 0.717) is 6.10 Å². The van der Waals surface area contributed by atoms with Gasteiger partial charge in [-0.25, -0.2) is 4.98 Å². The largest absolute Gasteiger partial charge is 0.372 e. The SMILES string of the molecule is CN=C(NCc1nc(C(C)(C)C)cs1)N1CCC(OC(C)(C)C)CC1.I. The summed E-state index contributed by atoms with van der Waals surface area (Å²) in [4.78, 5) is 11.5. The molecule has 0 atom stereocenters. The van der Waals surface area contributed by atoms with Gasteiger partial charge in [0.2, 0.25) is 0 Å². The lowest BCUT2D eigenvalue weighted by molar-refractivity contribution is -0.0772. The number of nitrogens with one attached hydrogen (secondary N) is 1. The van der Waals surface area contributed by atoms with Crippen molar-refractivity contribution in [1.29, 1.82) is 0 Å². The van der Waals surface area contributed by atoms with Crippen LogP contribution in [-0.4, -0.2) is 47.7 Å². The second-order valence-electron chi connectivity index (χ2n) is 8.69.